The minimum Gasteiger partial charge on any atom is -0.453 e. The molecule has 0 saturated carbocycles. The molecule has 0 saturated heterocycles. The average molecular weight is 247 g/mol. The second kappa shape index (κ2) is 4.56. The molecule has 1 aromatic rings. The smallest absolute Gasteiger partial charge is 0.411 e. The van der Waals surface area contributed by atoms with Crippen molar-refractivity contribution < 1.29 is 18.3 Å². The maximum absolute atomic E-state index is 11.0. The van der Waals surface area contributed by atoms with Crippen molar-refractivity contribution in [2.45, 2.75) is 4.90 Å². The van der Waals surface area contributed by atoms with E-state index in [1.807, 2.05) is 0 Å². The van der Waals surface area contributed by atoms with Crippen LogP contribution in [0.5, 0.6) is 0 Å². The molecule has 0 aliphatic carbocycles. The number of nitrogens with one attached hydrogen (secondary N) is 1. The van der Waals surface area contributed by atoms with Gasteiger partial charge in [-0.2, -0.15) is 0 Å². The van der Waals surface area contributed by atoms with E-state index in [1.54, 1.807) is 0 Å². The highest BCUT2D eigenvalue weighted by atomic mass is 32.8. The van der Waals surface area contributed by atoms with Crippen LogP contribution in [0.2, 0.25) is 0 Å². The maximum Gasteiger partial charge on any atom is 0.411 e. The van der Waals surface area contributed by atoms with Crippen molar-refractivity contribution >= 4 is 31.7 Å². The summed E-state index contributed by atoms with van der Waals surface area (Å²) in [6, 6.07) is 5.68. The van der Waals surface area contributed by atoms with E-state index in [9.17, 15) is 9.00 Å². The normalized spacial score (nSPS) is 14.0. The molecule has 1 amide bonds. The van der Waals surface area contributed by atoms with Gasteiger partial charge in [-0.15, -0.1) is 0 Å². The number of methoxy groups -OCH3 is 1. The van der Waals surface area contributed by atoms with E-state index < -0.39 is 14.9 Å². The van der Waals surface area contributed by atoms with Gasteiger partial charge in [0.05, 0.1) is 12.0 Å². The van der Waals surface area contributed by atoms with Gasteiger partial charge < -0.3 is 9.29 Å². The van der Waals surface area contributed by atoms with Crippen LogP contribution >= 0.6 is 0 Å². The predicted molar refractivity (Wildman–Crippen MR) is 58.9 cm³/mol. The first-order valence-corrected chi connectivity index (χ1v) is 6.30. The van der Waals surface area contributed by atoms with E-state index in [0.29, 0.717) is 5.69 Å². The fourth-order valence-electron chi connectivity index (χ4n) is 0.879. The summed E-state index contributed by atoms with van der Waals surface area (Å²) < 4.78 is 24.5. The van der Waals surface area contributed by atoms with E-state index >= 15 is 0 Å². The predicted octanol–water partition coefficient (Wildman–Crippen LogP) is 1.44. The molecule has 0 aliphatic heterocycles. The monoisotopic (exact) mass is 247 g/mol. The number of amides is 1. The van der Waals surface area contributed by atoms with E-state index in [4.69, 9.17) is 4.55 Å². The number of carbonyl (C=O) groups is 1. The van der Waals surface area contributed by atoms with Gasteiger partial charge in [-0.1, -0.05) is 0 Å². The quantitative estimate of drug-likeness (QED) is 0.827. The first kappa shape index (κ1) is 11.9. The minimum absolute atomic E-state index is 0.132. The van der Waals surface area contributed by atoms with Crippen LogP contribution in [0.4, 0.5) is 10.5 Å². The third kappa shape index (κ3) is 3.46. The van der Waals surface area contributed by atoms with Crippen molar-refractivity contribution in [2.75, 3.05) is 12.4 Å². The van der Waals surface area contributed by atoms with Crippen LogP contribution in [0.3, 0.4) is 0 Å². The molecular formula is C8H9NO4S2. The molecule has 1 rings (SSSR count). The van der Waals surface area contributed by atoms with Gasteiger partial charge in [0.15, 0.2) is 8.77 Å². The number of carbonyl (C=O) groups excluding carboxylic acids is 1. The summed E-state index contributed by atoms with van der Waals surface area (Å²) in [6.07, 6.45) is -0.606. The number of hydrogen-bond acceptors (Lipinski definition) is 4. The van der Waals surface area contributed by atoms with Crippen LogP contribution in [-0.2, 0) is 24.7 Å². The molecule has 1 aromatic carbocycles. The molecule has 1 unspecified atom stereocenters. The lowest BCUT2D eigenvalue weighted by Gasteiger charge is -2.04. The fraction of sp³-hybridized carbons (Fsp3) is 0.125. The number of anilines is 1. The molecule has 1 atom stereocenters. The van der Waals surface area contributed by atoms with E-state index in [-0.39, 0.29) is 4.90 Å². The van der Waals surface area contributed by atoms with Gasteiger partial charge >= 0.3 is 6.09 Å². The zero-order valence-electron chi connectivity index (χ0n) is 7.80. The molecule has 0 fully saturated rings. The molecule has 0 bridgehead atoms. The minimum atomic E-state index is -3.36. The Labute approximate surface area is 91.9 Å². The van der Waals surface area contributed by atoms with Crippen molar-refractivity contribution in [1.82, 2.24) is 0 Å². The van der Waals surface area contributed by atoms with Gasteiger partial charge in [0.2, 0.25) is 0 Å². The first-order chi connectivity index (χ1) is 6.93. The standard InChI is InChI=1S/C8H9NO4S2/c1-13-8(10)9-6-2-4-7(5-3-6)15(11,12)14/h2-5H,1H3,(H,9,10)(H,11,12,14). The lowest BCUT2D eigenvalue weighted by molar-refractivity contribution is 0.187. The third-order valence-corrected chi connectivity index (χ3v) is 3.03. The zero-order chi connectivity index (χ0) is 11.5. The summed E-state index contributed by atoms with van der Waals surface area (Å²) in [5, 5.41) is 2.40. The van der Waals surface area contributed by atoms with Crippen molar-refractivity contribution in [1.29, 1.82) is 0 Å². The van der Waals surface area contributed by atoms with Gasteiger partial charge in [0, 0.05) is 16.9 Å². The Morgan fingerprint density at radius 2 is 2.00 bits per heavy atom. The Morgan fingerprint density at radius 3 is 2.40 bits per heavy atom. The Balaban J connectivity index is 2.86. The largest absolute Gasteiger partial charge is 0.453 e. The molecule has 15 heavy (non-hydrogen) atoms. The first-order valence-electron chi connectivity index (χ1n) is 3.86. The molecular weight excluding hydrogens is 238 g/mol. The summed E-state index contributed by atoms with van der Waals surface area (Å²) >= 11 is 4.38. The highest BCUT2D eigenvalue weighted by Gasteiger charge is 2.05. The molecule has 5 nitrogen and oxygen atoms in total. The van der Waals surface area contributed by atoms with Gasteiger partial charge in [-0.25, -0.2) is 9.00 Å². The Morgan fingerprint density at radius 1 is 1.47 bits per heavy atom. The molecule has 7 heteroatoms. The van der Waals surface area contributed by atoms with E-state index in [0.717, 1.165) is 0 Å². The zero-order valence-corrected chi connectivity index (χ0v) is 9.43. The summed E-state index contributed by atoms with van der Waals surface area (Å²) in [4.78, 5) is 10.9. The SMILES string of the molecule is COC(=O)Nc1ccc(S(=O)(O)=S)cc1. The van der Waals surface area contributed by atoms with Gasteiger partial charge in [-0.05, 0) is 24.3 Å². The van der Waals surface area contributed by atoms with Crippen molar-refractivity contribution in [3.63, 3.8) is 0 Å². The van der Waals surface area contributed by atoms with Crippen molar-refractivity contribution in [2.24, 2.45) is 0 Å². The number of hydrogen-bond donors (Lipinski definition) is 2. The molecule has 82 valence electrons. The van der Waals surface area contributed by atoms with Gasteiger partial charge in [0.25, 0.3) is 0 Å². The number of benzene rings is 1. The Hall–Kier alpha value is -1.18. The third-order valence-electron chi connectivity index (χ3n) is 1.58. The summed E-state index contributed by atoms with van der Waals surface area (Å²) in [7, 11) is -2.12. The molecule has 0 aromatic heterocycles. The van der Waals surface area contributed by atoms with Gasteiger partial charge in [-0.3, -0.25) is 5.32 Å². The van der Waals surface area contributed by atoms with Gasteiger partial charge in [0.1, 0.15) is 0 Å². The summed E-state index contributed by atoms with van der Waals surface area (Å²) in [6.45, 7) is 0. The number of rotatable bonds is 2. The van der Waals surface area contributed by atoms with Crippen LogP contribution in [0.15, 0.2) is 29.2 Å². The van der Waals surface area contributed by atoms with Crippen LogP contribution in [-0.4, -0.2) is 22.0 Å². The Kier molecular flexibility index (Phi) is 3.61. The van der Waals surface area contributed by atoms with Crippen LogP contribution < -0.4 is 5.32 Å². The van der Waals surface area contributed by atoms with E-state index in [2.05, 4.69) is 21.2 Å². The molecule has 0 aliphatic rings. The topological polar surface area (TPSA) is 75.6 Å². The Bertz CT molecular complexity index is 452. The number of ether oxygens (including phenoxy) is 1. The van der Waals surface area contributed by atoms with Crippen molar-refractivity contribution in [3.05, 3.63) is 24.3 Å². The summed E-state index contributed by atoms with van der Waals surface area (Å²) in [5.41, 5.74) is 0.462. The second-order valence-electron chi connectivity index (χ2n) is 2.62. The highest BCUT2D eigenvalue weighted by molar-refractivity contribution is 8.29. The lowest BCUT2D eigenvalue weighted by atomic mass is 10.3. The summed E-state index contributed by atoms with van der Waals surface area (Å²) in [5.74, 6) is 0. The lowest BCUT2D eigenvalue weighted by Crippen LogP contribution is -2.10. The average Bonchev–Trinajstić information content (AvgIpc) is 2.17. The van der Waals surface area contributed by atoms with Crippen LogP contribution in [0.1, 0.15) is 0 Å². The van der Waals surface area contributed by atoms with Crippen molar-refractivity contribution in [3.8, 4) is 0 Å². The van der Waals surface area contributed by atoms with Crippen LogP contribution in [0.25, 0.3) is 0 Å². The second-order valence-corrected chi connectivity index (χ2v) is 5.39. The molecule has 0 heterocycles. The van der Waals surface area contributed by atoms with E-state index in [1.165, 1.54) is 31.4 Å². The molecule has 0 radical (unpaired) electrons. The maximum atomic E-state index is 11.0. The highest BCUT2D eigenvalue weighted by Crippen LogP contribution is 2.13. The molecule has 2 N–H and O–H groups in total. The fourth-order valence-corrected chi connectivity index (χ4v) is 1.69. The van der Waals surface area contributed by atoms with Crippen LogP contribution in [0, 0.1) is 0 Å². The molecule has 0 spiro atoms.